The summed E-state index contributed by atoms with van der Waals surface area (Å²) >= 11 is 0. The summed E-state index contributed by atoms with van der Waals surface area (Å²) in [4.78, 5) is 15.8. The van der Waals surface area contributed by atoms with Gasteiger partial charge in [-0.25, -0.2) is 4.39 Å². The molecule has 0 aromatic heterocycles. The molecule has 0 fully saturated rings. The number of quaternary nitrogens is 1. The lowest BCUT2D eigenvalue weighted by atomic mass is 10.1. The molecule has 2 atom stereocenters. The summed E-state index contributed by atoms with van der Waals surface area (Å²) < 4.78 is 13.3. The monoisotopic (exact) mass is 313 g/mol. The lowest BCUT2D eigenvalue weighted by Gasteiger charge is -2.26. The number of amides is 1. The highest BCUT2D eigenvalue weighted by Crippen LogP contribution is 2.27. The number of carbonyl (C=O) groups is 1. The largest absolute Gasteiger partial charge is 0.324 e. The van der Waals surface area contributed by atoms with Crippen LogP contribution in [0.3, 0.4) is 0 Å². The fourth-order valence-corrected chi connectivity index (χ4v) is 3.13. The molecule has 0 saturated heterocycles. The highest BCUT2D eigenvalue weighted by Gasteiger charge is 2.31. The van der Waals surface area contributed by atoms with Crippen molar-refractivity contribution >= 4 is 11.6 Å². The highest BCUT2D eigenvalue weighted by atomic mass is 19.1. The number of fused-ring (bicyclic) bond motifs is 1. The average Bonchev–Trinajstić information content (AvgIpc) is 2.97. The summed E-state index contributed by atoms with van der Waals surface area (Å²) in [7, 11) is 1.98. The van der Waals surface area contributed by atoms with Gasteiger partial charge in [-0.2, -0.15) is 0 Å². The van der Waals surface area contributed by atoms with Gasteiger partial charge in [0.1, 0.15) is 12.4 Å². The topological polar surface area (TPSA) is 24.8 Å². The van der Waals surface area contributed by atoms with Crippen LogP contribution >= 0.6 is 0 Å². The molecule has 120 valence electrons. The fraction of sp³-hybridized carbons (Fsp3) is 0.316. The number of anilines is 1. The first-order valence-electron chi connectivity index (χ1n) is 8.02. The Hall–Kier alpha value is -2.20. The molecule has 3 rings (SSSR count). The maximum absolute atomic E-state index is 13.3. The summed E-state index contributed by atoms with van der Waals surface area (Å²) in [6, 6.07) is 14.5. The SMILES string of the molecule is C[C@@H](C(=O)N1CCc2ccccc21)[NH+](C)Cc1cccc(F)c1. The number of halogens is 1. The Kier molecular flexibility index (Phi) is 4.44. The minimum Gasteiger partial charge on any atom is -0.324 e. The van der Waals surface area contributed by atoms with E-state index < -0.39 is 0 Å². The van der Waals surface area contributed by atoms with Crippen LogP contribution in [0.15, 0.2) is 48.5 Å². The van der Waals surface area contributed by atoms with E-state index in [0.29, 0.717) is 6.54 Å². The summed E-state index contributed by atoms with van der Waals surface area (Å²) in [6.07, 6.45) is 0.914. The molecule has 3 nitrogen and oxygen atoms in total. The molecule has 2 aromatic carbocycles. The standard InChI is InChI=1S/C19H21FN2O/c1-14(21(2)13-15-6-5-8-17(20)12-15)19(23)22-11-10-16-7-3-4-9-18(16)22/h3-9,12,14H,10-11,13H2,1-2H3/p+1/t14-/m0/s1. The van der Waals surface area contributed by atoms with E-state index in [4.69, 9.17) is 0 Å². The van der Waals surface area contributed by atoms with Crippen molar-refractivity contribution in [1.82, 2.24) is 0 Å². The molecule has 2 aromatic rings. The molecule has 1 amide bonds. The van der Waals surface area contributed by atoms with Gasteiger partial charge in [-0.1, -0.05) is 30.3 Å². The second kappa shape index (κ2) is 6.50. The molecule has 23 heavy (non-hydrogen) atoms. The third kappa shape index (κ3) is 3.27. The second-order valence-corrected chi connectivity index (χ2v) is 6.24. The lowest BCUT2D eigenvalue weighted by molar-refractivity contribution is -0.908. The van der Waals surface area contributed by atoms with Crippen LogP contribution in [-0.2, 0) is 17.8 Å². The number of likely N-dealkylation sites (N-methyl/N-ethyl adjacent to an activating group) is 1. The molecule has 0 radical (unpaired) electrons. The third-order valence-electron chi connectivity index (χ3n) is 4.63. The van der Waals surface area contributed by atoms with E-state index >= 15 is 0 Å². The van der Waals surface area contributed by atoms with E-state index in [1.165, 1.54) is 17.7 Å². The van der Waals surface area contributed by atoms with Crippen molar-refractivity contribution in [2.75, 3.05) is 18.5 Å². The first-order valence-corrected chi connectivity index (χ1v) is 8.02. The number of hydrogen-bond donors (Lipinski definition) is 1. The summed E-state index contributed by atoms with van der Waals surface area (Å²) in [5.41, 5.74) is 3.17. The minimum absolute atomic E-state index is 0.129. The van der Waals surface area contributed by atoms with Crippen LogP contribution in [0.4, 0.5) is 10.1 Å². The number of nitrogens with zero attached hydrogens (tertiary/aromatic N) is 1. The molecule has 0 aliphatic carbocycles. The van der Waals surface area contributed by atoms with Crippen LogP contribution in [0.25, 0.3) is 0 Å². The summed E-state index contributed by atoms with van der Waals surface area (Å²) in [6.45, 7) is 3.31. The Balaban J connectivity index is 1.70. The van der Waals surface area contributed by atoms with Gasteiger partial charge in [-0.15, -0.1) is 0 Å². The molecule has 1 unspecified atom stereocenters. The van der Waals surface area contributed by atoms with Crippen molar-refractivity contribution in [2.45, 2.75) is 25.9 Å². The first-order chi connectivity index (χ1) is 11.1. The van der Waals surface area contributed by atoms with Gasteiger partial charge in [0.2, 0.25) is 0 Å². The van der Waals surface area contributed by atoms with Gasteiger partial charge in [0, 0.05) is 17.8 Å². The van der Waals surface area contributed by atoms with Gasteiger partial charge in [0.15, 0.2) is 6.04 Å². The molecule has 0 bridgehead atoms. The number of rotatable bonds is 4. The molecule has 1 aliphatic rings. The van der Waals surface area contributed by atoms with Gasteiger partial charge in [-0.3, -0.25) is 4.79 Å². The van der Waals surface area contributed by atoms with Crippen LogP contribution in [0.1, 0.15) is 18.1 Å². The van der Waals surface area contributed by atoms with Gasteiger partial charge < -0.3 is 9.80 Å². The summed E-state index contributed by atoms with van der Waals surface area (Å²) in [5, 5.41) is 0. The number of hydrogen-bond acceptors (Lipinski definition) is 1. The minimum atomic E-state index is -0.234. The van der Waals surface area contributed by atoms with Crippen LogP contribution in [0, 0.1) is 5.82 Å². The van der Waals surface area contributed by atoms with Crippen molar-refractivity contribution in [3.63, 3.8) is 0 Å². The first kappa shape index (κ1) is 15.7. The predicted molar refractivity (Wildman–Crippen MR) is 89.0 cm³/mol. The normalized spacial score (nSPS) is 16.0. The zero-order valence-electron chi connectivity index (χ0n) is 13.6. The Morgan fingerprint density at radius 1 is 1.26 bits per heavy atom. The molecule has 4 heteroatoms. The Bertz CT molecular complexity index is 716. The maximum Gasteiger partial charge on any atom is 0.284 e. The smallest absolute Gasteiger partial charge is 0.284 e. The van der Waals surface area contributed by atoms with Crippen molar-refractivity contribution in [3.05, 3.63) is 65.5 Å². The van der Waals surface area contributed by atoms with E-state index in [1.807, 2.05) is 43.1 Å². The van der Waals surface area contributed by atoms with Crippen molar-refractivity contribution in [3.8, 4) is 0 Å². The third-order valence-corrected chi connectivity index (χ3v) is 4.63. The number of benzene rings is 2. The number of carbonyl (C=O) groups excluding carboxylic acids is 1. The highest BCUT2D eigenvalue weighted by molar-refractivity contribution is 5.97. The van der Waals surface area contributed by atoms with Crippen molar-refractivity contribution < 1.29 is 14.1 Å². The Morgan fingerprint density at radius 3 is 2.83 bits per heavy atom. The lowest BCUT2D eigenvalue weighted by Crippen LogP contribution is -3.12. The van der Waals surface area contributed by atoms with Gasteiger partial charge in [0.05, 0.1) is 7.05 Å². The fourth-order valence-electron chi connectivity index (χ4n) is 3.13. The van der Waals surface area contributed by atoms with Gasteiger partial charge in [-0.05, 0) is 37.1 Å². The van der Waals surface area contributed by atoms with Crippen LogP contribution in [0.5, 0.6) is 0 Å². The number of nitrogens with one attached hydrogen (secondary N) is 1. The molecular weight excluding hydrogens is 291 g/mol. The van der Waals surface area contributed by atoms with Crippen molar-refractivity contribution in [2.24, 2.45) is 0 Å². The van der Waals surface area contributed by atoms with E-state index in [2.05, 4.69) is 6.07 Å². The quantitative estimate of drug-likeness (QED) is 0.915. The molecule has 1 aliphatic heterocycles. The van der Waals surface area contributed by atoms with E-state index in [-0.39, 0.29) is 17.8 Å². The molecule has 1 heterocycles. The van der Waals surface area contributed by atoms with E-state index in [0.717, 1.165) is 29.1 Å². The van der Waals surface area contributed by atoms with E-state index in [1.54, 1.807) is 6.07 Å². The Morgan fingerprint density at radius 2 is 2.04 bits per heavy atom. The van der Waals surface area contributed by atoms with Gasteiger partial charge in [0.25, 0.3) is 5.91 Å². The van der Waals surface area contributed by atoms with Crippen LogP contribution < -0.4 is 9.80 Å². The zero-order chi connectivity index (χ0) is 16.4. The molecule has 0 spiro atoms. The second-order valence-electron chi connectivity index (χ2n) is 6.24. The zero-order valence-corrected chi connectivity index (χ0v) is 13.6. The number of para-hydroxylation sites is 1. The van der Waals surface area contributed by atoms with Gasteiger partial charge >= 0.3 is 0 Å². The molecule has 0 saturated carbocycles. The predicted octanol–water partition coefficient (Wildman–Crippen LogP) is 1.82. The van der Waals surface area contributed by atoms with E-state index in [9.17, 15) is 9.18 Å². The van der Waals surface area contributed by atoms with Crippen LogP contribution in [0.2, 0.25) is 0 Å². The van der Waals surface area contributed by atoms with Crippen LogP contribution in [-0.4, -0.2) is 25.5 Å². The Labute approximate surface area is 136 Å². The summed E-state index contributed by atoms with van der Waals surface area (Å²) in [5.74, 6) is -0.105. The maximum atomic E-state index is 13.3. The average molecular weight is 313 g/mol. The molecule has 1 N–H and O–H groups in total. The van der Waals surface area contributed by atoms with Crippen molar-refractivity contribution in [1.29, 1.82) is 0 Å². The molecular formula is C19H22FN2O+.